The fraction of sp³-hybridized carbons (Fsp3) is 0.0667. The summed E-state index contributed by atoms with van der Waals surface area (Å²) in [5, 5.41) is 12.2. The number of hydrogen-bond acceptors (Lipinski definition) is 2. The smallest absolute Gasteiger partial charge is 0.251 e. The molecule has 0 aromatic heterocycles. The molecule has 0 bridgehead atoms. The average Bonchev–Trinajstić information content (AvgIpc) is 2.48. The zero-order valence-electron chi connectivity index (χ0n) is 10.4. The van der Waals surface area contributed by atoms with Gasteiger partial charge in [0.05, 0.1) is 21.7 Å². The lowest BCUT2D eigenvalue weighted by molar-refractivity contribution is 0.0951. The van der Waals surface area contributed by atoms with E-state index >= 15 is 0 Å². The van der Waals surface area contributed by atoms with E-state index in [-0.39, 0.29) is 5.91 Å². The second-order valence-corrected chi connectivity index (χ2v) is 4.93. The molecule has 2 aromatic rings. The third-order valence-electron chi connectivity index (χ3n) is 2.72. The number of benzene rings is 2. The minimum Gasteiger partial charge on any atom is -0.348 e. The molecule has 0 fully saturated rings. The van der Waals surface area contributed by atoms with Gasteiger partial charge in [-0.2, -0.15) is 5.26 Å². The number of hydrogen-bond donors (Lipinski definition) is 1. The lowest BCUT2D eigenvalue weighted by Crippen LogP contribution is -2.22. The predicted octanol–water partition coefficient (Wildman–Crippen LogP) is 3.80. The fourth-order valence-electron chi connectivity index (χ4n) is 1.62. The zero-order valence-corrected chi connectivity index (χ0v) is 11.9. The standard InChI is InChI=1S/C15H10Cl2N2O/c16-13-6-5-12(7-14(13)17)15(20)19-9-11-3-1-10(8-18)2-4-11/h1-7H,9H2,(H,19,20). The van der Waals surface area contributed by atoms with Crippen LogP contribution in [-0.4, -0.2) is 5.91 Å². The number of nitriles is 1. The maximum Gasteiger partial charge on any atom is 0.251 e. The Kier molecular flexibility index (Phi) is 4.62. The maximum absolute atomic E-state index is 11.9. The van der Waals surface area contributed by atoms with E-state index in [0.29, 0.717) is 27.7 Å². The van der Waals surface area contributed by atoms with Gasteiger partial charge in [0.1, 0.15) is 0 Å². The normalized spacial score (nSPS) is 9.85. The Morgan fingerprint density at radius 1 is 1.10 bits per heavy atom. The Balaban J connectivity index is 2.01. The van der Waals surface area contributed by atoms with Crippen LogP contribution in [0.4, 0.5) is 0 Å². The summed E-state index contributed by atoms with van der Waals surface area (Å²) >= 11 is 11.7. The van der Waals surface area contributed by atoms with Crippen LogP contribution in [0.15, 0.2) is 42.5 Å². The Morgan fingerprint density at radius 2 is 1.80 bits per heavy atom. The summed E-state index contributed by atoms with van der Waals surface area (Å²) in [7, 11) is 0. The highest BCUT2D eigenvalue weighted by Crippen LogP contribution is 2.22. The molecule has 1 N–H and O–H groups in total. The van der Waals surface area contributed by atoms with Gasteiger partial charge < -0.3 is 5.32 Å². The van der Waals surface area contributed by atoms with E-state index < -0.39 is 0 Å². The summed E-state index contributed by atoms with van der Waals surface area (Å²) in [6.45, 7) is 0.380. The van der Waals surface area contributed by atoms with Crippen LogP contribution in [0.1, 0.15) is 21.5 Å². The van der Waals surface area contributed by atoms with Crippen LogP contribution in [0.3, 0.4) is 0 Å². The van der Waals surface area contributed by atoms with E-state index in [1.165, 1.54) is 6.07 Å². The van der Waals surface area contributed by atoms with E-state index in [0.717, 1.165) is 5.56 Å². The third kappa shape index (κ3) is 3.51. The molecule has 0 spiro atoms. The van der Waals surface area contributed by atoms with Crippen LogP contribution in [0.25, 0.3) is 0 Å². The van der Waals surface area contributed by atoms with Gasteiger partial charge in [0.25, 0.3) is 5.91 Å². The lowest BCUT2D eigenvalue weighted by Gasteiger charge is -2.06. The first-order chi connectivity index (χ1) is 9.60. The number of amides is 1. The molecule has 0 aliphatic heterocycles. The van der Waals surface area contributed by atoms with E-state index in [1.807, 2.05) is 6.07 Å². The molecule has 1 amide bonds. The molecule has 3 nitrogen and oxygen atoms in total. The van der Waals surface area contributed by atoms with Gasteiger partial charge in [0.15, 0.2) is 0 Å². The van der Waals surface area contributed by atoms with Crippen molar-refractivity contribution in [1.82, 2.24) is 5.32 Å². The number of carbonyl (C=O) groups excluding carboxylic acids is 1. The molecule has 5 heteroatoms. The quantitative estimate of drug-likeness (QED) is 0.938. The minimum atomic E-state index is -0.229. The Bertz CT molecular complexity index is 675. The summed E-state index contributed by atoms with van der Waals surface area (Å²) in [6.07, 6.45) is 0. The van der Waals surface area contributed by atoms with Gasteiger partial charge in [-0.15, -0.1) is 0 Å². The molecular weight excluding hydrogens is 295 g/mol. The number of nitrogens with one attached hydrogen (secondary N) is 1. The highest BCUT2D eigenvalue weighted by molar-refractivity contribution is 6.42. The summed E-state index contributed by atoms with van der Waals surface area (Å²) < 4.78 is 0. The van der Waals surface area contributed by atoms with E-state index in [4.69, 9.17) is 28.5 Å². The molecular formula is C15H10Cl2N2O. The molecule has 0 heterocycles. The first-order valence-electron chi connectivity index (χ1n) is 5.82. The van der Waals surface area contributed by atoms with Crippen LogP contribution in [-0.2, 0) is 6.54 Å². The van der Waals surface area contributed by atoms with Gasteiger partial charge in [-0.05, 0) is 35.9 Å². The van der Waals surface area contributed by atoms with E-state index in [9.17, 15) is 4.79 Å². The monoisotopic (exact) mass is 304 g/mol. The van der Waals surface area contributed by atoms with Gasteiger partial charge in [-0.1, -0.05) is 35.3 Å². The molecule has 0 unspecified atom stereocenters. The molecule has 2 rings (SSSR count). The number of rotatable bonds is 3. The van der Waals surface area contributed by atoms with E-state index in [2.05, 4.69) is 5.32 Å². The summed E-state index contributed by atoms with van der Waals surface area (Å²) in [6, 6.07) is 13.8. The molecule has 0 saturated heterocycles. The molecule has 0 aliphatic carbocycles. The maximum atomic E-state index is 11.9. The second kappa shape index (κ2) is 6.42. The van der Waals surface area contributed by atoms with Crippen molar-refractivity contribution in [2.24, 2.45) is 0 Å². The van der Waals surface area contributed by atoms with Crippen molar-refractivity contribution in [1.29, 1.82) is 5.26 Å². The third-order valence-corrected chi connectivity index (χ3v) is 3.46. The first kappa shape index (κ1) is 14.4. The first-order valence-corrected chi connectivity index (χ1v) is 6.58. The summed E-state index contributed by atoms with van der Waals surface area (Å²) in [5.41, 5.74) is 1.95. The van der Waals surface area contributed by atoms with Crippen molar-refractivity contribution in [3.05, 3.63) is 69.2 Å². The van der Waals surface area contributed by atoms with Crippen molar-refractivity contribution < 1.29 is 4.79 Å². The number of carbonyl (C=O) groups is 1. The number of halogens is 2. The highest BCUT2D eigenvalue weighted by Gasteiger charge is 2.07. The van der Waals surface area contributed by atoms with Crippen LogP contribution in [0, 0.1) is 11.3 Å². The largest absolute Gasteiger partial charge is 0.348 e. The molecule has 2 aromatic carbocycles. The Labute approximate surface area is 126 Å². The van der Waals surface area contributed by atoms with Gasteiger partial charge in [-0.25, -0.2) is 0 Å². The van der Waals surface area contributed by atoms with Crippen LogP contribution in [0.5, 0.6) is 0 Å². The molecule has 20 heavy (non-hydrogen) atoms. The Morgan fingerprint density at radius 3 is 2.40 bits per heavy atom. The van der Waals surface area contributed by atoms with Crippen molar-refractivity contribution in [3.8, 4) is 6.07 Å². The van der Waals surface area contributed by atoms with Crippen molar-refractivity contribution in [2.75, 3.05) is 0 Å². The molecule has 0 aliphatic rings. The van der Waals surface area contributed by atoms with Crippen molar-refractivity contribution in [2.45, 2.75) is 6.54 Å². The van der Waals surface area contributed by atoms with Gasteiger partial charge >= 0.3 is 0 Å². The van der Waals surface area contributed by atoms with Crippen LogP contribution in [0.2, 0.25) is 10.0 Å². The zero-order chi connectivity index (χ0) is 14.5. The topological polar surface area (TPSA) is 52.9 Å². The van der Waals surface area contributed by atoms with Gasteiger partial charge in [0.2, 0.25) is 0 Å². The predicted molar refractivity (Wildman–Crippen MR) is 78.8 cm³/mol. The molecule has 0 atom stereocenters. The summed E-state index contributed by atoms with van der Waals surface area (Å²) in [5.74, 6) is -0.229. The molecule has 100 valence electrons. The SMILES string of the molecule is N#Cc1ccc(CNC(=O)c2ccc(Cl)c(Cl)c2)cc1. The molecule has 0 radical (unpaired) electrons. The Hall–Kier alpha value is -2.02. The van der Waals surface area contributed by atoms with Crippen molar-refractivity contribution in [3.63, 3.8) is 0 Å². The van der Waals surface area contributed by atoms with Gasteiger partial charge in [0, 0.05) is 12.1 Å². The second-order valence-electron chi connectivity index (χ2n) is 4.12. The van der Waals surface area contributed by atoms with Crippen LogP contribution >= 0.6 is 23.2 Å². The minimum absolute atomic E-state index is 0.229. The average molecular weight is 305 g/mol. The highest BCUT2D eigenvalue weighted by atomic mass is 35.5. The van der Waals surface area contributed by atoms with Gasteiger partial charge in [-0.3, -0.25) is 4.79 Å². The lowest BCUT2D eigenvalue weighted by atomic mass is 10.1. The van der Waals surface area contributed by atoms with Crippen LogP contribution < -0.4 is 5.32 Å². The number of nitrogens with zero attached hydrogens (tertiary/aromatic N) is 1. The summed E-state index contributed by atoms with van der Waals surface area (Å²) in [4.78, 5) is 11.9. The fourth-order valence-corrected chi connectivity index (χ4v) is 1.92. The van der Waals surface area contributed by atoms with Crippen molar-refractivity contribution >= 4 is 29.1 Å². The van der Waals surface area contributed by atoms with E-state index in [1.54, 1.807) is 36.4 Å². The molecule has 0 saturated carbocycles.